The largest absolute Gasteiger partial charge is 0.416 e. The first-order chi connectivity index (χ1) is 19.1. The fourth-order valence-corrected chi connectivity index (χ4v) is 7.83. The maximum absolute atomic E-state index is 14.5. The maximum Gasteiger partial charge on any atom is 0.416 e. The number of nitrogens with zero attached hydrogens (tertiary/aromatic N) is 3. The Morgan fingerprint density at radius 2 is 1.27 bits per heavy atom. The molecule has 3 aromatic rings. The quantitative estimate of drug-likeness (QED) is 0.342. The molecular weight excluding hydrogens is 572 g/mol. The van der Waals surface area contributed by atoms with Crippen molar-refractivity contribution in [1.29, 1.82) is 5.26 Å². The van der Waals surface area contributed by atoms with Gasteiger partial charge in [0.15, 0.2) is 0 Å². The minimum Gasteiger partial charge on any atom is -0.273 e. The van der Waals surface area contributed by atoms with E-state index in [2.05, 4.69) is 0 Å². The van der Waals surface area contributed by atoms with Crippen molar-refractivity contribution in [3.8, 4) is 6.07 Å². The van der Waals surface area contributed by atoms with Gasteiger partial charge in [0.1, 0.15) is 6.04 Å². The van der Waals surface area contributed by atoms with E-state index < -0.39 is 62.1 Å². The normalized spacial score (nSPS) is 25.3. The fourth-order valence-electron chi connectivity index (χ4n) is 5.73. The number of halogens is 6. The Labute approximate surface area is 231 Å². The van der Waals surface area contributed by atoms with Crippen LogP contribution in [0.2, 0.25) is 0 Å². The molecule has 6 nitrogen and oxygen atoms in total. The second-order valence-corrected chi connectivity index (χ2v) is 12.1. The highest BCUT2D eigenvalue weighted by molar-refractivity contribution is 7.93. The molecule has 0 saturated carbocycles. The van der Waals surface area contributed by atoms with Gasteiger partial charge < -0.3 is 0 Å². The zero-order valence-corrected chi connectivity index (χ0v) is 22.0. The molecule has 41 heavy (non-hydrogen) atoms. The number of hydrogen-bond acceptors (Lipinski definition) is 5. The molecule has 0 aromatic heterocycles. The zero-order valence-electron chi connectivity index (χ0n) is 21.2. The minimum absolute atomic E-state index is 0.0139. The Morgan fingerprint density at radius 3 is 1.71 bits per heavy atom. The van der Waals surface area contributed by atoms with Gasteiger partial charge in [-0.3, -0.25) is 9.80 Å². The van der Waals surface area contributed by atoms with Crippen LogP contribution in [0.4, 0.5) is 26.3 Å². The Morgan fingerprint density at radius 1 is 0.805 bits per heavy atom. The fraction of sp³-hybridized carbons (Fsp3) is 0.286. The number of benzene rings is 3. The first-order valence-electron chi connectivity index (χ1n) is 12.3. The topological polar surface area (TPSA) is 81.5 Å². The van der Waals surface area contributed by atoms with Gasteiger partial charge in [-0.15, -0.1) is 0 Å². The van der Waals surface area contributed by atoms with Gasteiger partial charge in [0.05, 0.1) is 28.1 Å². The highest BCUT2D eigenvalue weighted by Crippen LogP contribution is 2.59. The second kappa shape index (κ2) is 9.60. The number of sulfone groups is 1. The Kier molecular flexibility index (Phi) is 6.70. The zero-order chi connectivity index (χ0) is 30.0. The molecule has 3 aromatic carbocycles. The van der Waals surface area contributed by atoms with E-state index in [-0.39, 0.29) is 22.4 Å². The van der Waals surface area contributed by atoms with Crippen LogP contribution in [0.3, 0.4) is 0 Å². The van der Waals surface area contributed by atoms with E-state index in [1.54, 1.807) is 13.0 Å². The van der Waals surface area contributed by atoms with E-state index in [0.717, 1.165) is 53.5 Å². The third-order valence-electron chi connectivity index (χ3n) is 7.53. The van der Waals surface area contributed by atoms with Crippen LogP contribution in [-0.4, -0.2) is 35.1 Å². The Balaban J connectivity index is 1.82. The summed E-state index contributed by atoms with van der Waals surface area (Å²) in [6.45, 7) is 1.60. The van der Waals surface area contributed by atoms with Crippen LogP contribution < -0.4 is 0 Å². The van der Waals surface area contributed by atoms with Crippen molar-refractivity contribution in [1.82, 2.24) is 10.0 Å². The van der Waals surface area contributed by atoms with Gasteiger partial charge in [0, 0.05) is 12.5 Å². The van der Waals surface area contributed by atoms with Gasteiger partial charge in [-0.2, -0.15) is 31.6 Å². The molecule has 2 fully saturated rings. The van der Waals surface area contributed by atoms with Gasteiger partial charge >= 0.3 is 12.4 Å². The summed E-state index contributed by atoms with van der Waals surface area (Å²) in [5.41, 5.74) is -2.07. The lowest BCUT2D eigenvalue weighted by atomic mass is 9.84. The summed E-state index contributed by atoms with van der Waals surface area (Å²) >= 11 is 0. The predicted molar refractivity (Wildman–Crippen MR) is 133 cm³/mol. The van der Waals surface area contributed by atoms with Crippen molar-refractivity contribution < 1.29 is 39.6 Å². The van der Waals surface area contributed by atoms with Crippen LogP contribution in [0.1, 0.15) is 47.7 Å². The lowest BCUT2D eigenvalue weighted by Gasteiger charge is -2.34. The number of hydrogen-bond donors (Lipinski definition) is 0. The first kappa shape index (κ1) is 28.6. The highest BCUT2D eigenvalue weighted by atomic mass is 32.2. The number of carbonyl (C=O) groups is 1. The molecule has 2 heterocycles. The summed E-state index contributed by atoms with van der Waals surface area (Å²) in [6.07, 6.45) is -9.51. The van der Waals surface area contributed by atoms with Gasteiger partial charge in [0.25, 0.3) is 0 Å². The standard InChI is InChI=1S/C28H21F6N3O3S/c1-17-15-23(38)37-25(19-9-13-21(14-10-19)28(32,33)34)26(16-35,41(39,40)22-5-3-2-4-6-22)24(36(17)37)18-7-11-20(12-8-18)27(29,30)31/h2-14,17,24-25H,15H2,1H3/t17-,24-,25+,26-/m0/s1. The van der Waals surface area contributed by atoms with Gasteiger partial charge in [-0.1, -0.05) is 42.5 Å². The molecule has 0 spiro atoms. The number of amides is 1. The Bertz CT molecular complexity index is 1620. The summed E-state index contributed by atoms with van der Waals surface area (Å²) in [5, 5.41) is 13.2. The van der Waals surface area contributed by atoms with Gasteiger partial charge in [-0.05, 0) is 54.4 Å². The SMILES string of the molecule is C[C@H]1CC(=O)N2[C@H](c3ccc(C(F)(F)F)cc3)[C@@](C#N)(S(=O)(=O)c3ccccc3)[C@H](c3ccc(C(F)(F)F)cc3)N12. The monoisotopic (exact) mass is 593 g/mol. The second-order valence-electron chi connectivity index (χ2n) is 9.94. The maximum atomic E-state index is 14.5. The van der Waals surface area contributed by atoms with E-state index in [9.17, 15) is 44.8 Å². The molecule has 4 atom stereocenters. The highest BCUT2D eigenvalue weighted by Gasteiger charge is 2.71. The molecule has 0 bridgehead atoms. The van der Waals surface area contributed by atoms with Crippen molar-refractivity contribution in [2.24, 2.45) is 0 Å². The lowest BCUT2D eigenvalue weighted by molar-refractivity contribution is -0.140. The van der Waals surface area contributed by atoms with Crippen molar-refractivity contribution in [2.75, 3.05) is 0 Å². The third-order valence-corrected chi connectivity index (χ3v) is 9.85. The number of nitriles is 1. The molecule has 0 radical (unpaired) electrons. The first-order valence-corrected chi connectivity index (χ1v) is 13.8. The van der Waals surface area contributed by atoms with E-state index in [1.165, 1.54) is 29.3 Å². The summed E-state index contributed by atoms with van der Waals surface area (Å²) in [7, 11) is -4.75. The number of rotatable bonds is 4. The van der Waals surface area contributed by atoms with Crippen LogP contribution >= 0.6 is 0 Å². The summed E-state index contributed by atoms with van der Waals surface area (Å²) < 4.78 is 107. The Hall–Kier alpha value is -3.89. The number of carbonyl (C=O) groups excluding carboxylic acids is 1. The van der Waals surface area contributed by atoms with Crippen molar-refractivity contribution >= 4 is 15.7 Å². The average Bonchev–Trinajstić information content (AvgIpc) is 3.40. The summed E-state index contributed by atoms with van der Waals surface area (Å²) in [4.78, 5) is 13.1. The lowest BCUT2D eigenvalue weighted by Crippen LogP contribution is -2.48. The minimum atomic E-state index is -4.75. The number of fused-ring (bicyclic) bond motifs is 1. The van der Waals surface area contributed by atoms with Crippen LogP contribution in [0.5, 0.6) is 0 Å². The van der Waals surface area contributed by atoms with Crippen molar-refractivity contribution in [3.05, 3.63) is 101 Å². The molecule has 214 valence electrons. The molecule has 13 heteroatoms. The number of hydrazine groups is 1. The van der Waals surface area contributed by atoms with Gasteiger partial charge in [-0.25, -0.2) is 13.4 Å². The number of alkyl halides is 6. The van der Waals surface area contributed by atoms with Crippen LogP contribution in [0.25, 0.3) is 0 Å². The smallest absolute Gasteiger partial charge is 0.273 e. The van der Waals surface area contributed by atoms with E-state index in [0.29, 0.717) is 0 Å². The molecule has 0 unspecified atom stereocenters. The molecule has 0 aliphatic carbocycles. The van der Waals surface area contributed by atoms with Crippen molar-refractivity contribution in [3.63, 3.8) is 0 Å². The van der Waals surface area contributed by atoms with Gasteiger partial charge in [0.2, 0.25) is 20.5 Å². The molecule has 2 aliphatic rings. The molecule has 5 rings (SSSR count). The van der Waals surface area contributed by atoms with Crippen LogP contribution in [0.15, 0.2) is 83.8 Å². The van der Waals surface area contributed by atoms with E-state index in [4.69, 9.17) is 0 Å². The third kappa shape index (κ3) is 4.36. The summed E-state index contributed by atoms with van der Waals surface area (Å²) in [6, 6.07) is 12.1. The average molecular weight is 594 g/mol. The molecule has 2 aliphatic heterocycles. The van der Waals surface area contributed by atoms with Crippen LogP contribution in [0, 0.1) is 11.3 Å². The van der Waals surface area contributed by atoms with E-state index in [1.807, 2.05) is 6.07 Å². The molecule has 2 saturated heterocycles. The molecule has 1 amide bonds. The summed E-state index contributed by atoms with van der Waals surface area (Å²) in [5.74, 6) is -0.584. The van der Waals surface area contributed by atoms with Crippen molar-refractivity contribution in [2.45, 2.75) is 53.5 Å². The van der Waals surface area contributed by atoms with E-state index >= 15 is 0 Å². The molecular formula is C28H21F6N3O3S. The van der Waals surface area contributed by atoms with Crippen LogP contribution in [-0.2, 0) is 27.0 Å². The predicted octanol–water partition coefficient (Wildman–Crippen LogP) is 6.09. The molecule has 0 N–H and O–H groups in total.